The van der Waals surface area contributed by atoms with Crippen molar-refractivity contribution < 1.29 is 4.39 Å². The van der Waals surface area contributed by atoms with E-state index in [-0.39, 0.29) is 5.82 Å². The molecule has 4 nitrogen and oxygen atoms in total. The molecular formula is C14H11FN4. The van der Waals surface area contributed by atoms with Gasteiger partial charge in [-0.25, -0.2) is 14.1 Å². The normalized spacial score (nSPS) is 10.6. The molecule has 2 N–H and O–H groups in total. The molecule has 2 aromatic heterocycles. The van der Waals surface area contributed by atoms with Crippen LogP contribution >= 0.6 is 0 Å². The van der Waals surface area contributed by atoms with Crippen molar-refractivity contribution in [3.8, 4) is 17.1 Å². The van der Waals surface area contributed by atoms with E-state index in [1.807, 2.05) is 12.1 Å². The SMILES string of the molecule is Nc1cn(-c2ccccn2)nc1-c1ccccc1F. The van der Waals surface area contributed by atoms with Crippen molar-refractivity contribution in [2.45, 2.75) is 0 Å². The highest BCUT2D eigenvalue weighted by molar-refractivity contribution is 5.72. The quantitative estimate of drug-likeness (QED) is 0.764. The van der Waals surface area contributed by atoms with Crippen molar-refractivity contribution in [3.05, 3.63) is 60.7 Å². The van der Waals surface area contributed by atoms with Crippen LogP contribution in [0.25, 0.3) is 17.1 Å². The first-order valence-electron chi connectivity index (χ1n) is 5.77. The molecule has 0 fully saturated rings. The fraction of sp³-hybridized carbons (Fsp3) is 0. The highest BCUT2D eigenvalue weighted by Crippen LogP contribution is 2.27. The molecule has 5 heteroatoms. The van der Waals surface area contributed by atoms with E-state index in [0.29, 0.717) is 22.8 Å². The minimum absolute atomic E-state index is 0.347. The molecule has 1 aromatic carbocycles. The number of aromatic nitrogens is 3. The first-order valence-corrected chi connectivity index (χ1v) is 5.77. The van der Waals surface area contributed by atoms with Crippen LogP contribution in [0.2, 0.25) is 0 Å². The second kappa shape index (κ2) is 4.53. The highest BCUT2D eigenvalue weighted by atomic mass is 19.1. The number of halogens is 1. The lowest BCUT2D eigenvalue weighted by Gasteiger charge is -2.00. The average Bonchev–Trinajstić information content (AvgIpc) is 2.82. The molecule has 0 spiro atoms. The van der Waals surface area contributed by atoms with Gasteiger partial charge in [0, 0.05) is 11.8 Å². The summed E-state index contributed by atoms with van der Waals surface area (Å²) in [7, 11) is 0. The number of rotatable bonds is 2. The van der Waals surface area contributed by atoms with Gasteiger partial charge in [0.2, 0.25) is 0 Å². The van der Waals surface area contributed by atoms with Gasteiger partial charge in [0.25, 0.3) is 0 Å². The van der Waals surface area contributed by atoms with Gasteiger partial charge in [0.1, 0.15) is 11.5 Å². The van der Waals surface area contributed by atoms with Crippen LogP contribution in [0.4, 0.5) is 10.1 Å². The van der Waals surface area contributed by atoms with Gasteiger partial charge < -0.3 is 5.73 Å². The van der Waals surface area contributed by atoms with Crippen LogP contribution < -0.4 is 5.73 Å². The van der Waals surface area contributed by atoms with Gasteiger partial charge in [-0.1, -0.05) is 18.2 Å². The standard InChI is InChI=1S/C14H11FN4/c15-11-6-2-1-5-10(11)14-12(16)9-19(18-14)13-7-3-4-8-17-13/h1-9H,16H2. The third kappa shape index (κ3) is 2.06. The summed E-state index contributed by atoms with van der Waals surface area (Å²) >= 11 is 0. The molecule has 0 radical (unpaired) electrons. The van der Waals surface area contributed by atoms with Crippen molar-refractivity contribution >= 4 is 5.69 Å². The number of benzene rings is 1. The molecule has 2 heterocycles. The summed E-state index contributed by atoms with van der Waals surface area (Å²) in [4.78, 5) is 4.17. The molecule has 0 amide bonds. The lowest BCUT2D eigenvalue weighted by molar-refractivity contribution is 0.630. The molecule has 19 heavy (non-hydrogen) atoms. The number of nitrogens with two attached hydrogens (primary N) is 1. The summed E-state index contributed by atoms with van der Waals surface area (Å²) < 4.78 is 15.3. The van der Waals surface area contributed by atoms with E-state index < -0.39 is 0 Å². The van der Waals surface area contributed by atoms with E-state index in [9.17, 15) is 4.39 Å². The molecule has 3 aromatic rings. The van der Waals surface area contributed by atoms with Gasteiger partial charge in [-0.05, 0) is 24.3 Å². The summed E-state index contributed by atoms with van der Waals surface area (Å²) in [6.07, 6.45) is 3.29. The van der Waals surface area contributed by atoms with Crippen LogP contribution in [0.1, 0.15) is 0 Å². The van der Waals surface area contributed by atoms with E-state index in [1.54, 1.807) is 36.7 Å². The number of nitrogen functional groups attached to an aromatic ring is 1. The maximum absolute atomic E-state index is 13.7. The van der Waals surface area contributed by atoms with E-state index >= 15 is 0 Å². The number of pyridine rings is 1. The number of hydrogen-bond donors (Lipinski definition) is 1. The Morgan fingerprint density at radius 2 is 1.84 bits per heavy atom. The summed E-state index contributed by atoms with van der Waals surface area (Å²) in [6, 6.07) is 11.9. The molecular weight excluding hydrogens is 243 g/mol. The lowest BCUT2D eigenvalue weighted by Crippen LogP contribution is -1.97. The molecule has 0 aliphatic heterocycles. The Balaban J connectivity index is 2.11. The summed E-state index contributed by atoms with van der Waals surface area (Å²) in [5.74, 6) is 0.289. The second-order valence-corrected chi connectivity index (χ2v) is 4.05. The van der Waals surface area contributed by atoms with Gasteiger partial charge in [-0.15, -0.1) is 0 Å². The number of nitrogens with zero attached hydrogens (tertiary/aromatic N) is 3. The van der Waals surface area contributed by atoms with E-state index in [1.165, 1.54) is 10.7 Å². The predicted molar refractivity (Wildman–Crippen MR) is 71.2 cm³/mol. The third-order valence-electron chi connectivity index (χ3n) is 2.76. The topological polar surface area (TPSA) is 56.7 Å². The first kappa shape index (κ1) is 11.4. The zero-order valence-corrected chi connectivity index (χ0v) is 9.99. The maximum Gasteiger partial charge on any atom is 0.153 e. The summed E-state index contributed by atoms with van der Waals surface area (Å²) in [5, 5.41) is 4.30. The Labute approximate surface area is 109 Å². The fourth-order valence-electron chi connectivity index (χ4n) is 1.86. The average molecular weight is 254 g/mol. The Morgan fingerprint density at radius 1 is 1.05 bits per heavy atom. The first-order chi connectivity index (χ1) is 9.25. The number of anilines is 1. The van der Waals surface area contributed by atoms with Crippen molar-refractivity contribution in [1.82, 2.24) is 14.8 Å². The minimum atomic E-state index is -0.347. The van der Waals surface area contributed by atoms with Crippen molar-refractivity contribution in [3.63, 3.8) is 0 Å². The molecule has 0 atom stereocenters. The lowest BCUT2D eigenvalue weighted by atomic mass is 10.1. The van der Waals surface area contributed by atoms with Crippen molar-refractivity contribution in [2.75, 3.05) is 5.73 Å². The fourth-order valence-corrected chi connectivity index (χ4v) is 1.86. The highest BCUT2D eigenvalue weighted by Gasteiger charge is 2.13. The third-order valence-corrected chi connectivity index (χ3v) is 2.76. The zero-order valence-electron chi connectivity index (χ0n) is 9.99. The van der Waals surface area contributed by atoms with Gasteiger partial charge in [-0.3, -0.25) is 0 Å². The van der Waals surface area contributed by atoms with Gasteiger partial charge in [0.15, 0.2) is 5.82 Å². The predicted octanol–water partition coefficient (Wildman–Crippen LogP) is 2.66. The van der Waals surface area contributed by atoms with Crippen LogP contribution in [0.15, 0.2) is 54.9 Å². The number of hydrogen-bond acceptors (Lipinski definition) is 3. The van der Waals surface area contributed by atoms with Gasteiger partial charge >= 0.3 is 0 Å². The van der Waals surface area contributed by atoms with Gasteiger partial charge in [-0.2, -0.15) is 5.10 Å². The van der Waals surface area contributed by atoms with Crippen LogP contribution in [0.3, 0.4) is 0 Å². The summed E-state index contributed by atoms with van der Waals surface area (Å²) in [5.41, 5.74) is 7.12. The Kier molecular flexibility index (Phi) is 2.72. The van der Waals surface area contributed by atoms with Crippen LogP contribution in [-0.2, 0) is 0 Å². The van der Waals surface area contributed by atoms with E-state index in [0.717, 1.165) is 0 Å². The molecule has 94 valence electrons. The van der Waals surface area contributed by atoms with Crippen molar-refractivity contribution in [1.29, 1.82) is 0 Å². The molecule has 0 unspecified atom stereocenters. The van der Waals surface area contributed by atoms with E-state index in [4.69, 9.17) is 5.73 Å². The molecule has 3 rings (SSSR count). The second-order valence-electron chi connectivity index (χ2n) is 4.05. The van der Waals surface area contributed by atoms with E-state index in [2.05, 4.69) is 10.1 Å². The van der Waals surface area contributed by atoms with Crippen molar-refractivity contribution in [2.24, 2.45) is 0 Å². The molecule has 0 saturated carbocycles. The van der Waals surface area contributed by atoms with Crippen LogP contribution in [-0.4, -0.2) is 14.8 Å². The van der Waals surface area contributed by atoms with Crippen LogP contribution in [0, 0.1) is 5.82 Å². The summed E-state index contributed by atoms with van der Waals surface area (Å²) in [6.45, 7) is 0. The minimum Gasteiger partial charge on any atom is -0.396 e. The molecule has 0 aliphatic carbocycles. The molecule has 0 saturated heterocycles. The van der Waals surface area contributed by atoms with Gasteiger partial charge in [0.05, 0.1) is 11.9 Å². The molecule has 0 bridgehead atoms. The Bertz CT molecular complexity index is 706. The maximum atomic E-state index is 13.7. The monoisotopic (exact) mass is 254 g/mol. The molecule has 0 aliphatic rings. The van der Waals surface area contributed by atoms with Crippen LogP contribution in [0.5, 0.6) is 0 Å². The zero-order chi connectivity index (χ0) is 13.2. The smallest absolute Gasteiger partial charge is 0.153 e. The Morgan fingerprint density at radius 3 is 2.58 bits per heavy atom. The Hall–Kier alpha value is -2.69. The largest absolute Gasteiger partial charge is 0.396 e.